The smallest absolute Gasteiger partial charge is 0.407 e. The highest BCUT2D eigenvalue weighted by Crippen LogP contribution is 2.42. The first-order valence-corrected chi connectivity index (χ1v) is 30.4. The Hall–Kier alpha value is -5.91. The molecule has 4 aromatic carbocycles. The highest BCUT2D eigenvalue weighted by atomic mass is 32.2. The fraction of sp³-hybridized carbons (Fsp3) is 0.481. The minimum atomic E-state index is -4.91. The van der Waals surface area contributed by atoms with Crippen molar-refractivity contribution in [3.05, 3.63) is 114 Å². The van der Waals surface area contributed by atoms with Crippen LogP contribution in [0.3, 0.4) is 0 Å². The van der Waals surface area contributed by atoms with Crippen LogP contribution in [-0.2, 0) is 53.6 Å². The average molecular weight is 1080 g/mol. The summed E-state index contributed by atoms with van der Waals surface area (Å²) in [7, 11) is -10.8. The number of ether oxygens (including phenoxy) is 3. The number of hydrogen-bond acceptors (Lipinski definition) is 14. The summed E-state index contributed by atoms with van der Waals surface area (Å²) < 4.78 is 91.5. The SMILES string of the molecule is COc1ccc(Cn2nnnc2-c2c(NC3CC(NC(=O)OC(C)(C)C)C3)ccc(S(=O)(=O)NC[C@@H](CNC(=O)OC(C)(C)C)O[Si](C)(C)C(C)(C)C)c2S(=O)(=O)N(Cc2ccccc2)Cc2ccccc2)cc1. The van der Waals surface area contributed by atoms with Gasteiger partial charge in [-0.15, -0.1) is 5.10 Å². The average Bonchev–Trinajstić information content (AvgIpc) is 3.75. The van der Waals surface area contributed by atoms with Crippen LogP contribution in [0.2, 0.25) is 18.1 Å². The van der Waals surface area contributed by atoms with Crippen LogP contribution >= 0.6 is 0 Å². The lowest BCUT2D eigenvalue weighted by Gasteiger charge is -2.39. The standard InChI is InChI=1S/C52H73N9O10S2Si/c1-50(2,3)69-48(62)53-31-42(71-74(11,12)52(7,8)9)32-54-72(64,65)44-28-27-43(55-39-29-40(30-39)56-49(63)70-51(4,5)6)45(47-57-58-59-61(47)35-38-23-25-41(68-10)26-24-38)46(44)73(66,67)60(33-36-19-15-13-16-20-36)34-37-21-17-14-18-22-37/h13-28,39-40,42,54-55H,29-35H2,1-12H3,(H,53,62)(H,56,63)/t39?,40?,42-/m1/s1. The second-order valence-corrected chi connectivity index (χ2v) is 30.3. The number of anilines is 1. The number of rotatable bonds is 21. The van der Waals surface area contributed by atoms with Crippen molar-refractivity contribution in [1.82, 2.24) is 39.9 Å². The lowest BCUT2D eigenvalue weighted by Crippen LogP contribution is -2.51. The molecule has 6 rings (SSSR count). The number of alkyl carbamates (subject to hydrolysis) is 2. The molecule has 402 valence electrons. The van der Waals surface area contributed by atoms with E-state index in [0.717, 1.165) is 5.56 Å². The maximum Gasteiger partial charge on any atom is 0.407 e. The lowest BCUT2D eigenvalue weighted by molar-refractivity contribution is 0.0471. The molecule has 1 fully saturated rings. The Balaban J connectivity index is 1.53. The number of aromatic nitrogens is 4. The molecule has 4 N–H and O–H groups in total. The summed E-state index contributed by atoms with van der Waals surface area (Å²) in [5.74, 6) is 0.576. The quantitative estimate of drug-likeness (QED) is 0.0505. The maximum atomic E-state index is 16.2. The lowest BCUT2D eigenvalue weighted by atomic mass is 9.86. The molecule has 1 aliphatic carbocycles. The van der Waals surface area contributed by atoms with Gasteiger partial charge >= 0.3 is 12.2 Å². The van der Waals surface area contributed by atoms with Crippen molar-refractivity contribution in [3.8, 4) is 17.1 Å². The second-order valence-electron chi connectivity index (χ2n) is 22.0. The van der Waals surface area contributed by atoms with E-state index in [0.29, 0.717) is 29.7 Å². The van der Waals surface area contributed by atoms with Crippen molar-refractivity contribution in [2.45, 2.75) is 152 Å². The van der Waals surface area contributed by atoms with E-state index in [1.54, 1.807) is 109 Å². The third-order valence-corrected chi connectivity index (χ3v) is 20.5. The van der Waals surface area contributed by atoms with E-state index in [4.69, 9.17) is 18.6 Å². The van der Waals surface area contributed by atoms with E-state index in [1.807, 2.05) is 58.1 Å². The number of sulfonamides is 2. The number of carbonyl (C=O) groups excluding carboxylic acids is 2. The molecule has 0 saturated heterocycles. The summed E-state index contributed by atoms with van der Waals surface area (Å²) in [5, 5.41) is 21.6. The van der Waals surface area contributed by atoms with Gasteiger partial charge in [-0.3, -0.25) is 0 Å². The summed E-state index contributed by atoms with van der Waals surface area (Å²) in [4.78, 5) is 24.5. The highest BCUT2D eigenvalue weighted by Gasteiger charge is 2.42. The van der Waals surface area contributed by atoms with Gasteiger partial charge in [-0.2, -0.15) is 4.31 Å². The van der Waals surface area contributed by atoms with E-state index in [1.165, 1.54) is 21.1 Å². The van der Waals surface area contributed by atoms with E-state index < -0.39 is 67.6 Å². The van der Waals surface area contributed by atoms with E-state index in [2.05, 4.69) is 36.2 Å². The fourth-order valence-electron chi connectivity index (χ4n) is 7.79. The van der Waals surface area contributed by atoms with Crippen LogP contribution in [0.1, 0.15) is 91.8 Å². The fourth-order valence-corrected chi connectivity index (χ4v) is 12.6. The molecule has 74 heavy (non-hydrogen) atoms. The van der Waals surface area contributed by atoms with Crippen LogP contribution < -0.4 is 25.4 Å². The summed E-state index contributed by atoms with van der Waals surface area (Å²) in [5.41, 5.74) is 0.659. The van der Waals surface area contributed by atoms with Gasteiger partial charge in [0.1, 0.15) is 26.7 Å². The first kappa shape index (κ1) is 57.4. The number of hydrogen-bond donors (Lipinski definition) is 4. The molecule has 1 heterocycles. The second kappa shape index (κ2) is 23.3. The van der Waals surface area contributed by atoms with Gasteiger partial charge in [-0.25, -0.2) is 35.8 Å². The molecule has 2 amide bonds. The van der Waals surface area contributed by atoms with Gasteiger partial charge in [0.25, 0.3) is 0 Å². The Labute approximate surface area is 437 Å². The van der Waals surface area contributed by atoms with Crippen LogP contribution in [0.15, 0.2) is 107 Å². The van der Waals surface area contributed by atoms with Crippen molar-refractivity contribution in [3.63, 3.8) is 0 Å². The molecule has 1 aliphatic rings. The Morgan fingerprint density at radius 2 is 1.31 bits per heavy atom. The molecule has 0 spiro atoms. The Bertz CT molecular complexity index is 2880. The number of nitrogens with zero attached hydrogens (tertiary/aromatic N) is 5. The molecule has 5 aromatic rings. The van der Waals surface area contributed by atoms with Gasteiger partial charge in [-0.05, 0) is 124 Å². The summed E-state index contributed by atoms with van der Waals surface area (Å²) in [6.07, 6.45) is -1.33. The van der Waals surface area contributed by atoms with Gasteiger partial charge in [0.2, 0.25) is 20.0 Å². The minimum Gasteiger partial charge on any atom is -0.497 e. The largest absolute Gasteiger partial charge is 0.497 e. The number of methoxy groups -OCH3 is 1. The van der Waals surface area contributed by atoms with Crippen LogP contribution in [0, 0.1) is 0 Å². The van der Waals surface area contributed by atoms with Crippen LogP contribution in [0.4, 0.5) is 15.3 Å². The Morgan fingerprint density at radius 1 is 0.743 bits per heavy atom. The van der Waals surface area contributed by atoms with Crippen LogP contribution in [0.25, 0.3) is 11.4 Å². The highest BCUT2D eigenvalue weighted by molar-refractivity contribution is 7.92. The summed E-state index contributed by atoms with van der Waals surface area (Å²) in [6, 6.07) is 27.4. The van der Waals surface area contributed by atoms with Crippen LogP contribution in [-0.4, -0.2) is 111 Å². The molecule has 0 bridgehead atoms. The van der Waals surface area contributed by atoms with Crippen molar-refractivity contribution < 1.29 is 45.1 Å². The number of carbonyl (C=O) groups is 2. The molecule has 0 aliphatic heterocycles. The number of benzene rings is 4. The van der Waals surface area contributed by atoms with E-state index in [-0.39, 0.29) is 66.9 Å². The number of nitrogens with one attached hydrogen (secondary N) is 4. The van der Waals surface area contributed by atoms with Gasteiger partial charge in [0.15, 0.2) is 14.1 Å². The number of amides is 2. The van der Waals surface area contributed by atoms with E-state index in [9.17, 15) is 9.59 Å². The van der Waals surface area contributed by atoms with Gasteiger partial charge in [0.05, 0.1) is 25.3 Å². The van der Waals surface area contributed by atoms with Crippen molar-refractivity contribution >= 4 is 46.2 Å². The molecular formula is C52H73N9O10S2Si. The Kier molecular flexibility index (Phi) is 18.1. The zero-order valence-corrected chi connectivity index (χ0v) is 47.2. The monoisotopic (exact) mass is 1080 g/mol. The maximum absolute atomic E-state index is 16.2. The van der Waals surface area contributed by atoms with Gasteiger partial charge in [-0.1, -0.05) is 93.6 Å². The normalized spacial score (nSPS) is 16.0. The molecule has 1 atom stereocenters. The first-order chi connectivity index (χ1) is 34.5. The first-order valence-electron chi connectivity index (χ1n) is 24.6. The third-order valence-electron chi connectivity index (χ3n) is 12.5. The van der Waals surface area contributed by atoms with Crippen molar-refractivity contribution in [2.24, 2.45) is 0 Å². The molecule has 19 nitrogen and oxygen atoms in total. The van der Waals surface area contributed by atoms with Gasteiger partial charge < -0.3 is 34.6 Å². The third kappa shape index (κ3) is 15.6. The molecule has 22 heteroatoms. The molecule has 1 aromatic heterocycles. The summed E-state index contributed by atoms with van der Waals surface area (Å²) in [6.45, 7) is 19.9. The molecule has 0 radical (unpaired) electrons. The molecular weight excluding hydrogens is 1000 g/mol. The molecule has 1 saturated carbocycles. The zero-order chi connectivity index (χ0) is 54.3. The zero-order valence-electron chi connectivity index (χ0n) is 44.6. The number of tetrazole rings is 1. The predicted octanol–water partition coefficient (Wildman–Crippen LogP) is 8.45. The Morgan fingerprint density at radius 3 is 1.85 bits per heavy atom. The van der Waals surface area contributed by atoms with Gasteiger partial charge in [0, 0.05) is 44.0 Å². The van der Waals surface area contributed by atoms with Crippen molar-refractivity contribution in [2.75, 3.05) is 25.5 Å². The van der Waals surface area contributed by atoms with E-state index >= 15 is 16.8 Å². The molecule has 0 unspecified atom stereocenters. The minimum absolute atomic E-state index is 0.0400. The topological polar surface area (TPSA) is 234 Å². The predicted molar refractivity (Wildman–Crippen MR) is 286 cm³/mol. The summed E-state index contributed by atoms with van der Waals surface area (Å²) >= 11 is 0. The van der Waals surface area contributed by atoms with Crippen molar-refractivity contribution in [1.29, 1.82) is 0 Å². The van der Waals surface area contributed by atoms with Crippen LogP contribution in [0.5, 0.6) is 5.75 Å².